The van der Waals surface area contributed by atoms with Crippen molar-refractivity contribution in [1.29, 1.82) is 0 Å². The predicted octanol–water partition coefficient (Wildman–Crippen LogP) is 1.54. The number of nitrogens with one attached hydrogen (secondary N) is 1. The Morgan fingerprint density at radius 3 is 2.94 bits per heavy atom. The maximum absolute atomic E-state index is 9.05. The van der Waals surface area contributed by atoms with Crippen molar-refractivity contribution in [3.8, 4) is 0 Å². The van der Waals surface area contributed by atoms with E-state index < -0.39 is 0 Å². The minimum atomic E-state index is 0.0438. The standard InChI is InChI=1S/C12H19N3O/c1-9(7-16)15-12-10-5-3-2-4-6-11(10)13-8-14-12/h8-9,16H,2-7H2,1H3,(H,13,14,15). The maximum atomic E-state index is 9.05. The van der Waals surface area contributed by atoms with E-state index in [-0.39, 0.29) is 12.6 Å². The van der Waals surface area contributed by atoms with Crippen LogP contribution in [0.15, 0.2) is 6.33 Å². The zero-order valence-corrected chi connectivity index (χ0v) is 9.74. The molecule has 1 aliphatic carbocycles. The number of anilines is 1. The Bertz CT molecular complexity index is 354. The van der Waals surface area contributed by atoms with E-state index in [9.17, 15) is 0 Å². The third-order valence-electron chi connectivity index (χ3n) is 3.03. The van der Waals surface area contributed by atoms with Crippen molar-refractivity contribution < 1.29 is 5.11 Å². The lowest BCUT2D eigenvalue weighted by molar-refractivity contribution is 0.281. The monoisotopic (exact) mass is 221 g/mol. The van der Waals surface area contributed by atoms with Gasteiger partial charge in [-0.15, -0.1) is 0 Å². The summed E-state index contributed by atoms with van der Waals surface area (Å²) in [5, 5.41) is 12.3. The van der Waals surface area contributed by atoms with Crippen molar-refractivity contribution in [2.75, 3.05) is 11.9 Å². The van der Waals surface area contributed by atoms with Crippen LogP contribution in [0.1, 0.15) is 37.4 Å². The van der Waals surface area contributed by atoms with Crippen LogP contribution in [0.4, 0.5) is 5.82 Å². The fourth-order valence-corrected chi connectivity index (χ4v) is 2.10. The summed E-state index contributed by atoms with van der Waals surface area (Å²) in [7, 11) is 0. The molecule has 0 saturated heterocycles. The highest BCUT2D eigenvalue weighted by Gasteiger charge is 2.15. The van der Waals surface area contributed by atoms with Gasteiger partial charge in [-0.25, -0.2) is 9.97 Å². The zero-order valence-electron chi connectivity index (χ0n) is 9.74. The summed E-state index contributed by atoms with van der Waals surface area (Å²) in [6.45, 7) is 2.07. The van der Waals surface area contributed by atoms with Crippen molar-refractivity contribution in [1.82, 2.24) is 9.97 Å². The van der Waals surface area contributed by atoms with Gasteiger partial charge in [-0.3, -0.25) is 0 Å². The number of rotatable bonds is 3. The molecule has 0 saturated carbocycles. The van der Waals surface area contributed by atoms with Crippen molar-refractivity contribution in [3.63, 3.8) is 0 Å². The first kappa shape index (κ1) is 11.3. The average Bonchev–Trinajstić information content (AvgIpc) is 2.54. The molecule has 4 heteroatoms. The van der Waals surface area contributed by atoms with E-state index in [1.807, 2.05) is 6.92 Å². The second kappa shape index (κ2) is 5.25. The van der Waals surface area contributed by atoms with Gasteiger partial charge in [-0.2, -0.15) is 0 Å². The quantitative estimate of drug-likeness (QED) is 0.760. The highest BCUT2D eigenvalue weighted by Crippen LogP contribution is 2.24. The van der Waals surface area contributed by atoms with Gasteiger partial charge in [0.15, 0.2) is 0 Å². The first-order valence-corrected chi connectivity index (χ1v) is 6.01. The normalized spacial score (nSPS) is 17.4. The molecular formula is C12H19N3O. The number of hydrogen-bond acceptors (Lipinski definition) is 4. The Kier molecular flexibility index (Phi) is 3.72. The summed E-state index contributed by atoms with van der Waals surface area (Å²) in [5.74, 6) is 0.911. The lowest BCUT2D eigenvalue weighted by Gasteiger charge is -2.15. The Hall–Kier alpha value is -1.16. The largest absolute Gasteiger partial charge is 0.394 e. The molecule has 0 bridgehead atoms. The molecule has 0 amide bonds. The van der Waals surface area contributed by atoms with Crippen LogP contribution in [0.3, 0.4) is 0 Å². The summed E-state index contributed by atoms with van der Waals surface area (Å²) in [5.41, 5.74) is 2.43. The van der Waals surface area contributed by atoms with E-state index >= 15 is 0 Å². The van der Waals surface area contributed by atoms with Crippen LogP contribution in [0.2, 0.25) is 0 Å². The van der Waals surface area contributed by atoms with Crippen molar-refractivity contribution in [2.45, 2.75) is 45.1 Å². The van der Waals surface area contributed by atoms with Crippen LogP contribution >= 0.6 is 0 Å². The lowest BCUT2D eigenvalue weighted by atomic mass is 10.1. The van der Waals surface area contributed by atoms with Gasteiger partial charge in [0.1, 0.15) is 12.1 Å². The second-order valence-electron chi connectivity index (χ2n) is 4.44. The summed E-state index contributed by atoms with van der Waals surface area (Å²) < 4.78 is 0. The van der Waals surface area contributed by atoms with Gasteiger partial charge >= 0.3 is 0 Å². The Labute approximate surface area is 96.1 Å². The number of aliphatic hydroxyl groups is 1. The third kappa shape index (κ3) is 2.50. The molecule has 0 aromatic carbocycles. The van der Waals surface area contributed by atoms with Gasteiger partial charge in [-0.1, -0.05) is 6.42 Å². The van der Waals surface area contributed by atoms with Gasteiger partial charge in [0.05, 0.1) is 6.61 Å². The van der Waals surface area contributed by atoms with Crippen LogP contribution < -0.4 is 5.32 Å². The minimum absolute atomic E-state index is 0.0438. The molecule has 0 fully saturated rings. The summed E-state index contributed by atoms with van der Waals surface area (Å²) in [6, 6.07) is 0.0438. The van der Waals surface area contributed by atoms with Crippen molar-refractivity contribution in [3.05, 3.63) is 17.6 Å². The van der Waals surface area contributed by atoms with Crippen LogP contribution in [0, 0.1) is 0 Å². The number of aryl methyl sites for hydroxylation is 1. The Morgan fingerprint density at radius 1 is 1.31 bits per heavy atom. The van der Waals surface area contributed by atoms with E-state index in [1.54, 1.807) is 6.33 Å². The number of fused-ring (bicyclic) bond motifs is 1. The molecule has 1 aliphatic rings. The highest BCUT2D eigenvalue weighted by molar-refractivity contribution is 5.47. The molecule has 1 heterocycles. The van der Waals surface area contributed by atoms with Crippen LogP contribution in [0.5, 0.6) is 0 Å². The van der Waals surface area contributed by atoms with E-state index in [0.717, 1.165) is 18.7 Å². The van der Waals surface area contributed by atoms with Gasteiger partial charge in [0.2, 0.25) is 0 Å². The molecule has 1 aromatic heterocycles. The molecule has 2 rings (SSSR count). The Morgan fingerprint density at radius 2 is 2.12 bits per heavy atom. The van der Waals surface area contributed by atoms with Crippen LogP contribution in [-0.2, 0) is 12.8 Å². The molecule has 2 N–H and O–H groups in total. The molecule has 4 nitrogen and oxygen atoms in total. The average molecular weight is 221 g/mol. The van der Waals surface area contributed by atoms with Gasteiger partial charge in [0, 0.05) is 17.3 Å². The molecule has 1 atom stereocenters. The van der Waals surface area contributed by atoms with Gasteiger partial charge < -0.3 is 10.4 Å². The van der Waals surface area contributed by atoms with Crippen LogP contribution in [-0.4, -0.2) is 27.7 Å². The number of nitrogens with zero attached hydrogens (tertiary/aromatic N) is 2. The first-order chi connectivity index (χ1) is 7.81. The molecule has 88 valence electrons. The van der Waals surface area contributed by atoms with E-state index in [0.29, 0.717) is 0 Å². The zero-order chi connectivity index (χ0) is 11.4. The third-order valence-corrected chi connectivity index (χ3v) is 3.03. The van der Waals surface area contributed by atoms with Crippen LogP contribution in [0.25, 0.3) is 0 Å². The molecule has 0 spiro atoms. The first-order valence-electron chi connectivity index (χ1n) is 6.01. The smallest absolute Gasteiger partial charge is 0.133 e. The number of aliphatic hydroxyl groups excluding tert-OH is 1. The predicted molar refractivity (Wildman–Crippen MR) is 63.5 cm³/mol. The van der Waals surface area contributed by atoms with Gasteiger partial charge in [0.25, 0.3) is 0 Å². The fraction of sp³-hybridized carbons (Fsp3) is 0.667. The molecule has 0 aliphatic heterocycles. The fourth-order valence-electron chi connectivity index (χ4n) is 2.10. The summed E-state index contributed by atoms with van der Waals surface area (Å²) in [4.78, 5) is 8.65. The molecule has 1 aromatic rings. The molecule has 0 radical (unpaired) electrons. The van der Waals surface area contributed by atoms with Crippen molar-refractivity contribution >= 4 is 5.82 Å². The van der Waals surface area contributed by atoms with Crippen molar-refractivity contribution in [2.24, 2.45) is 0 Å². The minimum Gasteiger partial charge on any atom is -0.394 e. The maximum Gasteiger partial charge on any atom is 0.133 e. The van der Waals surface area contributed by atoms with E-state index in [4.69, 9.17) is 5.11 Å². The van der Waals surface area contributed by atoms with E-state index in [2.05, 4.69) is 15.3 Å². The topological polar surface area (TPSA) is 58.0 Å². The van der Waals surface area contributed by atoms with Gasteiger partial charge in [-0.05, 0) is 32.6 Å². The second-order valence-corrected chi connectivity index (χ2v) is 4.44. The summed E-state index contributed by atoms with van der Waals surface area (Å²) in [6.07, 6.45) is 7.43. The lowest BCUT2D eigenvalue weighted by Crippen LogP contribution is -2.21. The number of hydrogen-bond donors (Lipinski definition) is 2. The number of aromatic nitrogens is 2. The highest BCUT2D eigenvalue weighted by atomic mass is 16.3. The summed E-state index contributed by atoms with van der Waals surface area (Å²) >= 11 is 0. The SMILES string of the molecule is CC(CO)Nc1ncnc2c1CCCCC2. The Balaban J connectivity index is 2.24. The molecule has 1 unspecified atom stereocenters. The van der Waals surface area contributed by atoms with E-state index in [1.165, 1.54) is 30.5 Å². The molecule has 16 heavy (non-hydrogen) atoms. The molecular weight excluding hydrogens is 202 g/mol.